The van der Waals surface area contributed by atoms with Gasteiger partial charge < -0.3 is 11.1 Å². The van der Waals surface area contributed by atoms with E-state index in [2.05, 4.69) is 21.2 Å². The first-order chi connectivity index (χ1) is 16.5. The molecular weight excluding hydrogens is 532 g/mol. The predicted molar refractivity (Wildman–Crippen MR) is 138 cm³/mol. The van der Waals surface area contributed by atoms with E-state index in [4.69, 9.17) is 5.73 Å². The van der Waals surface area contributed by atoms with Crippen LogP contribution in [0.15, 0.2) is 16.6 Å². The van der Waals surface area contributed by atoms with E-state index in [1.54, 1.807) is 0 Å². The van der Waals surface area contributed by atoms with Crippen LogP contribution in [0.1, 0.15) is 56.1 Å². The minimum Gasteiger partial charge on any atom is -0.370 e. The summed E-state index contributed by atoms with van der Waals surface area (Å²) in [6.07, 6.45) is 6.14. The van der Waals surface area contributed by atoms with Gasteiger partial charge in [-0.15, -0.1) is 0 Å². The summed E-state index contributed by atoms with van der Waals surface area (Å²) < 4.78 is 30.5. The minimum atomic E-state index is -3.83. The number of hydrogen-bond acceptors (Lipinski definition) is 4. The number of aryl methyl sites for hydroxylation is 2. The first-order valence-electron chi connectivity index (χ1n) is 12.6. The fourth-order valence-electron chi connectivity index (χ4n) is 7.78. The van der Waals surface area contributed by atoms with Crippen LogP contribution in [0.2, 0.25) is 0 Å². The molecule has 2 amide bonds. The quantitative estimate of drug-likeness (QED) is 0.551. The Morgan fingerprint density at radius 2 is 1.83 bits per heavy atom. The van der Waals surface area contributed by atoms with E-state index >= 15 is 0 Å². The van der Waals surface area contributed by atoms with Gasteiger partial charge in [0, 0.05) is 30.0 Å². The molecule has 1 heterocycles. The van der Waals surface area contributed by atoms with Crippen LogP contribution in [0.25, 0.3) is 0 Å². The van der Waals surface area contributed by atoms with E-state index in [9.17, 15) is 18.0 Å². The van der Waals surface area contributed by atoms with Gasteiger partial charge in [0.2, 0.25) is 11.8 Å². The Hall–Kier alpha value is -1.65. The summed E-state index contributed by atoms with van der Waals surface area (Å²) >= 11 is 3.54. The first kappa shape index (κ1) is 25.0. The minimum absolute atomic E-state index is 0.000441. The summed E-state index contributed by atoms with van der Waals surface area (Å²) in [5.41, 5.74) is 8.13. The zero-order valence-corrected chi connectivity index (χ0v) is 22.8. The summed E-state index contributed by atoms with van der Waals surface area (Å²) in [6.45, 7) is 4.43. The second-order valence-corrected chi connectivity index (χ2v) is 14.1. The van der Waals surface area contributed by atoms with Gasteiger partial charge in [-0.25, -0.2) is 0 Å². The van der Waals surface area contributed by atoms with Crippen LogP contribution in [-0.2, 0) is 19.8 Å². The van der Waals surface area contributed by atoms with E-state index in [0.717, 1.165) is 47.7 Å². The highest BCUT2D eigenvalue weighted by Crippen LogP contribution is 2.61. The molecule has 6 rings (SSSR count). The van der Waals surface area contributed by atoms with Crippen molar-refractivity contribution in [3.63, 3.8) is 0 Å². The molecule has 3 N–H and O–H groups in total. The lowest BCUT2D eigenvalue weighted by molar-refractivity contribution is -0.134. The molecule has 1 aromatic rings. The Morgan fingerprint density at radius 1 is 1.14 bits per heavy atom. The average molecular weight is 568 g/mol. The number of amides is 2. The number of nitrogens with zero attached hydrogens (tertiary/aromatic N) is 2. The maximum absolute atomic E-state index is 13.5. The fourth-order valence-corrected chi connectivity index (χ4v) is 10.5. The number of halogens is 1. The predicted octanol–water partition coefficient (Wildman–Crippen LogP) is 3.01. The largest absolute Gasteiger partial charge is 0.370 e. The number of primary amides is 1. The molecule has 1 saturated heterocycles. The number of carbonyl (C=O) groups excluding carboxylic acids is 2. The molecule has 0 radical (unpaired) electrons. The van der Waals surface area contributed by atoms with Gasteiger partial charge in [0.15, 0.2) is 0 Å². The Balaban J connectivity index is 1.28. The average Bonchev–Trinajstić information content (AvgIpc) is 2.71. The first-order valence-corrected chi connectivity index (χ1v) is 14.8. The molecule has 4 aliphatic carbocycles. The van der Waals surface area contributed by atoms with Gasteiger partial charge in [-0.05, 0) is 109 Å². The smallest absolute Gasteiger partial charge is 0.304 e. The van der Waals surface area contributed by atoms with Gasteiger partial charge in [-0.3, -0.25) is 13.9 Å². The van der Waals surface area contributed by atoms with Crippen molar-refractivity contribution < 1.29 is 18.0 Å². The number of anilines is 1. The summed E-state index contributed by atoms with van der Waals surface area (Å²) in [4.78, 5) is 24.8. The second kappa shape index (κ2) is 9.03. The van der Waals surface area contributed by atoms with Gasteiger partial charge in [-0.2, -0.15) is 12.7 Å². The monoisotopic (exact) mass is 566 g/mol. The molecule has 0 spiro atoms. The summed E-state index contributed by atoms with van der Waals surface area (Å²) in [7, 11) is -3.83. The molecule has 5 fully saturated rings. The molecule has 192 valence electrons. The molecule has 10 heteroatoms. The van der Waals surface area contributed by atoms with Crippen LogP contribution >= 0.6 is 15.9 Å². The third-order valence-corrected chi connectivity index (χ3v) is 11.1. The molecule has 2 unspecified atom stereocenters. The highest BCUT2D eigenvalue weighted by atomic mass is 79.9. The number of nitrogens with two attached hydrogens (primary N) is 1. The van der Waals surface area contributed by atoms with Gasteiger partial charge in [0.05, 0.1) is 12.2 Å². The molecule has 1 aromatic carbocycles. The summed E-state index contributed by atoms with van der Waals surface area (Å²) in [5.74, 6) is 0.807. The van der Waals surface area contributed by atoms with Crippen LogP contribution in [0, 0.1) is 37.0 Å². The zero-order chi connectivity index (χ0) is 25.1. The normalized spacial score (nSPS) is 33.6. The van der Waals surface area contributed by atoms with Crippen molar-refractivity contribution in [1.29, 1.82) is 0 Å². The molecule has 1 aliphatic heterocycles. The SMILES string of the molecule is Cc1cc(C)c(N2CCCN(CC(=O)NC3C4CC5CC3CC(CC(N)=O)(C5)C4)S2(=O)=O)c(Br)c1. The van der Waals surface area contributed by atoms with Crippen molar-refractivity contribution in [2.45, 2.75) is 64.8 Å². The van der Waals surface area contributed by atoms with E-state index < -0.39 is 10.2 Å². The van der Waals surface area contributed by atoms with Gasteiger partial charge in [-0.1, -0.05) is 6.07 Å². The van der Waals surface area contributed by atoms with Gasteiger partial charge in [0.25, 0.3) is 0 Å². The lowest BCUT2D eigenvalue weighted by Crippen LogP contribution is -2.61. The lowest BCUT2D eigenvalue weighted by atomic mass is 9.47. The number of nitrogens with one attached hydrogen (secondary N) is 1. The van der Waals surface area contributed by atoms with Crippen LogP contribution < -0.4 is 15.4 Å². The Labute approximate surface area is 216 Å². The lowest BCUT2D eigenvalue weighted by Gasteiger charge is -2.60. The molecule has 5 aliphatic rings. The van der Waals surface area contributed by atoms with E-state index in [1.807, 2.05) is 26.0 Å². The Bertz CT molecular complexity index is 1120. The summed E-state index contributed by atoms with van der Waals surface area (Å²) in [6, 6.07) is 3.94. The number of carbonyl (C=O) groups is 2. The Kier molecular flexibility index (Phi) is 6.45. The van der Waals surface area contributed by atoms with E-state index in [-0.39, 0.29) is 29.8 Å². The Morgan fingerprint density at radius 3 is 2.46 bits per heavy atom. The van der Waals surface area contributed by atoms with E-state index in [1.165, 1.54) is 8.61 Å². The van der Waals surface area contributed by atoms with Crippen molar-refractivity contribution in [1.82, 2.24) is 9.62 Å². The molecule has 4 bridgehead atoms. The highest BCUT2D eigenvalue weighted by Gasteiger charge is 2.56. The van der Waals surface area contributed by atoms with Crippen LogP contribution in [0.3, 0.4) is 0 Å². The van der Waals surface area contributed by atoms with Crippen molar-refractivity contribution in [3.8, 4) is 0 Å². The van der Waals surface area contributed by atoms with Crippen LogP contribution in [0.5, 0.6) is 0 Å². The number of rotatable bonds is 6. The highest BCUT2D eigenvalue weighted by molar-refractivity contribution is 9.10. The maximum Gasteiger partial charge on any atom is 0.304 e. The third-order valence-electron chi connectivity index (χ3n) is 8.62. The van der Waals surface area contributed by atoms with Crippen molar-refractivity contribution in [2.24, 2.45) is 28.9 Å². The fraction of sp³-hybridized carbons (Fsp3) is 0.680. The third kappa shape index (κ3) is 4.62. The zero-order valence-electron chi connectivity index (χ0n) is 20.4. The molecule has 35 heavy (non-hydrogen) atoms. The van der Waals surface area contributed by atoms with Crippen LogP contribution in [0.4, 0.5) is 5.69 Å². The number of benzene rings is 1. The van der Waals surface area contributed by atoms with Crippen molar-refractivity contribution >= 4 is 43.6 Å². The molecule has 0 aromatic heterocycles. The van der Waals surface area contributed by atoms with Gasteiger partial charge >= 0.3 is 10.2 Å². The number of hydrogen-bond donors (Lipinski definition) is 2. The molecular formula is C25H35BrN4O4S. The van der Waals surface area contributed by atoms with Crippen molar-refractivity contribution in [3.05, 3.63) is 27.7 Å². The molecule has 2 atom stereocenters. The standard InChI is InChI=1S/C25H35BrN4O4S/c1-15-6-16(2)24(20(26)7-15)30-5-3-4-29(35(30,33)34)14-22(32)28-23-18-8-17-9-19(23)12-25(10-17,11-18)13-21(27)31/h6-7,17-19,23H,3-5,8-14H2,1-2H3,(H2,27,31)(H,28,32). The molecule has 8 nitrogen and oxygen atoms in total. The summed E-state index contributed by atoms with van der Waals surface area (Å²) in [5, 5.41) is 3.21. The maximum atomic E-state index is 13.5. The van der Waals surface area contributed by atoms with Gasteiger partial charge in [0.1, 0.15) is 0 Å². The van der Waals surface area contributed by atoms with Crippen molar-refractivity contribution in [2.75, 3.05) is 23.9 Å². The van der Waals surface area contributed by atoms with Crippen LogP contribution in [-0.4, -0.2) is 50.2 Å². The topological polar surface area (TPSA) is 113 Å². The molecule has 4 saturated carbocycles. The second-order valence-electron chi connectivity index (χ2n) is 11.4. The van der Waals surface area contributed by atoms with E-state index in [0.29, 0.717) is 49.4 Å².